The Kier molecular flexibility index (Phi) is 1.57. The van der Waals surface area contributed by atoms with Crippen LogP contribution in [0.1, 0.15) is 17.9 Å². The van der Waals surface area contributed by atoms with Crippen molar-refractivity contribution in [2.24, 2.45) is 5.92 Å². The maximum Gasteiger partial charge on any atom is 0.230 e. The second-order valence-corrected chi connectivity index (χ2v) is 4.96. The van der Waals surface area contributed by atoms with Crippen LogP contribution in [0.2, 0.25) is 0 Å². The van der Waals surface area contributed by atoms with Gasteiger partial charge in [-0.25, -0.2) is 0 Å². The lowest BCUT2D eigenvalue weighted by atomic mass is 10.0. The molecule has 1 aromatic carbocycles. The summed E-state index contributed by atoms with van der Waals surface area (Å²) < 4.78 is 1.10. The number of hydrogen-bond acceptors (Lipinski definition) is 1. The fraction of sp³-hybridized carbons (Fsp3) is 0.364. The van der Waals surface area contributed by atoms with Crippen LogP contribution in [0, 0.1) is 5.92 Å². The van der Waals surface area contributed by atoms with Gasteiger partial charge in [-0.15, -0.1) is 0 Å². The average molecular weight is 252 g/mol. The molecule has 72 valence electrons. The quantitative estimate of drug-likeness (QED) is 0.694. The Morgan fingerprint density at radius 2 is 2.21 bits per heavy atom. The molecule has 0 aromatic heterocycles. The molecular formula is C11H10BrNO. The zero-order valence-corrected chi connectivity index (χ0v) is 9.41. The highest BCUT2D eigenvalue weighted by molar-refractivity contribution is 9.10. The topological polar surface area (TPSA) is 20.3 Å². The Morgan fingerprint density at radius 1 is 1.43 bits per heavy atom. The summed E-state index contributed by atoms with van der Waals surface area (Å²) in [5.74, 6) is 1.04. The lowest BCUT2D eigenvalue weighted by molar-refractivity contribution is -0.119. The SMILES string of the molecule is CN1C(=O)C2CC2c2cc(Br)ccc21. The molecule has 0 radical (unpaired) electrons. The van der Waals surface area contributed by atoms with Crippen LogP contribution in [0.3, 0.4) is 0 Å². The number of fused-ring (bicyclic) bond motifs is 3. The third-order valence-corrected chi connectivity index (χ3v) is 3.68. The van der Waals surface area contributed by atoms with Crippen LogP contribution in [-0.2, 0) is 4.79 Å². The molecule has 1 saturated carbocycles. The Labute approximate surface area is 91.0 Å². The van der Waals surface area contributed by atoms with Crippen molar-refractivity contribution in [3.05, 3.63) is 28.2 Å². The van der Waals surface area contributed by atoms with Gasteiger partial charge in [0.1, 0.15) is 0 Å². The molecule has 0 spiro atoms. The zero-order chi connectivity index (χ0) is 9.87. The fourth-order valence-corrected chi connectivity index (χ4v) is 2.69. The first kappa shape index (κ1) is 8.48. The van der Waals surface area contributed by atoms with Crippen molar-refractivity contribution in [3.8, 4) is 0 Å². The van der Waals surface area contributed by atoms with Gasteiger partial charge in [0.2, 0.25) is 5.91 Å². The molecule has 1 amide bonds. The summed E-state index contributed by atoms with van der Waals surface area (Å²) in [6.45, 7) is 0. The average Bonchev–Trinajstić information content (AvgIpc) is 2.94. The summed E-state index contributed by atoms with van der Waals surface area (Å²) in [6, 6.07) is 6.15. The van der Waals surface area contributed by atoms with Crippen molar-refractivity contribution < 1.29 is 4.79 Å². The minimum Gasteiger partial charge on any atom is -0.315 e. The Balaban J connectivity index is 2.19. The highest BCUT2D eigenvalue weighted by atomic mass is 79.9. The molecule has 2 nitrogen and oxygen atoms in total. The molecular weight excluding hydrogens is 242 g/mol. The van der Waals surface area contributed by atoms with Crippen molar-refractivity contribution in [3.63, 3.8) is 0 Å². The molecule has 2 atom stereocenters. The van der Waals surface area contributed by atoms with Crippen molar-refractivity contribution in [2.75, 3.05) is 11.9 Å². The molecule has 1 heterocycles. The van der Waals surface area contributed by atoms with E-state index in [1.54, 1.807) is 4.90 Å². The van der Waals surface area contributed by atoms with E-state index in [1.807, 2.05) is 19.2 Å². The van der Waals surface area contributed by atoms with Crippen molar-refractivity contribution in [1.29, 1.82) is 0 Å². The number of carbonyl (C=O) groups excluding carboxylic acids is 1. The van der Waals surface area contributed by atoms with Gasteiger partial charge >= 0.3 is 0 Å². The van der Waals surface area contributed by atoms with Crippen LogP contribution in [0.4, 0.5) is 5.69 Å². The van der Waals surface area contributed by atoms with Crippen molar-refractivity contribution in [1.82, 2.24) is 0 Å². The number of carbonyl (C=O) groups is 1. The van der Waals surface area contributed by atoms with Gasteiger partial charge in [-0.2, -0.15) is 0 Å². The van der Waals surface area contributed by atoms with Crippen molar-refractivity contribution in [2.45, 2.75) is 12.3 Å². The Hall–Kier alpha value is -0.830. The van der Waals surface area contributed by atoms with Crippen LogP contribution in [0.25, 0.3) is 0 Å². The van der Waals surface area contributed by atoms with Gasteiger partial charge in [0.15, 0.2) is 0 Å². The molecule has 2 aliphatic rings. The van der Waals surface area contributed by atoms with E-state index in [2.05, 4.69) is 22.0 Å². The third kappa shape index (κ3) is 0.989. The van der Waals surface area contributed by atoms with E-state index in [0.29, 0.717) is 5.92 Å². The second-order valence-electron chi connectivity index (χ2n) is 4.05. The smallest absolute Gasteiger partial charge is 0.230 e. The Morgan fingerprint density at radius 3 is 3.00 bits per heavy atom. The van der Waals surface area contributed by atoms with Gasteiger partial charge in [-0.1, -0.05) is 15.9 Å². The number of amides is 1. The first-order valence-electron chi connectivity index (χ1n) is 4.75. The standard InChI is InChI=1S/C11H10BrNO/c1-13-10-3-2-6(12)4-8(10)7-5-9(7)11(13)14/h2-4,7,9H,5H2,1H3. The maximum absolute atomic E-state index is 11.7. The normalized spacial score (nSPS) is 28.4. The van der Waals surface area contributed by atoms with E-state index in [4.69, 9.17) is 0 Å². The first-order chi connectivity index (χ1) is 6.68. The van der Waals surface area contributed by atoms with Crippen LogP contribution in [0.15, 0.2) is 22.7 Å². The fourth-order valence-electron chi connectivity index (χ4n) is 2.31. The molecule has 3 rings (SSSR count). The summed E-state index contributed by atoms with van der Waals surface area (Å²) >= 11 is 3.47. The molecule has 14 heavy (non-hydrogen) atoms. The van der Waals surface area contributed by atoms with Crippen LogP contribution < -0.4 is 4.90 Å². The molecule has 0 saturated heterocycles. The number of rotatable bonds is 0. The molecule has 2 unspecified atom stereocenters. The summed E-state index contributed by atoms with van der Waals surface area (Å²) in [7, 11) is 1.86. The summed E-state index contributed by atoms with van der Waals surface area (Å²) in [5, 5.41) is 0. The van der Waals surface area contributed by atoms with Crippen LogP contribution >= 0.6 is 15.9 Å². The lowest BCUT2D eigenvalue weighted by Crippen LogP contribution is -2.31. The number of nitrogens with zero attached hydrogens (tertiary/aromatic N) is 1. The molecule has 1 aromatic rings. The first-order valence-corrected chi connectivity index (χ1v) is 5.55. The highest BCUT2D eigenvalue weighted by Crippen LogP contribution is 2.55. The van der Waals surface area contributed by atoms with E-state index < -0.39 is 0 Å². The summed E-state index contributed by atoms with van der Waals surface area (Å²) in [4.78, 5) is 13.5. The third-order valence-electron chi connectivity index (χ3n) is 3.19. The van der Waals surface area contributed by atoms with Crippen LogP contribution in [0.5, 0.6) is 0 Å². The lowest BCUT2D eigenvalue weighted by Gasteiger charge is -2.25. The zero-order valence-electron chi connectivity index (χ0n) is 7.83. The predicted molar refractivity (Wildman–Crippen MR) is 58.4 cm³/mol. The molecule has 0 N–H and O–H groups in total. The highest BCUT2D eigenvalue weighted by Gasteiger charge is 2.50. The van der Waals surface area contributed by atoms with E-state index in [9.17, 15) is 4.79 Å². The number of hydrogen-bond donors (Lipinski definition) is 0. The second kappa shape index (κ2) is 2.60. The van der Waals surface area contributed by atoms with E-state index in [0.717, 1.165) is 16.6 Å². The largest absolute Gasteiger partial charge is 0.315 e. The molecule has 1 aliphatic carbocycles. The summed E-state index contributed by atoms with van der Waals surface area (Å²) in [5.41, 5.74) is 2.41. The van der Waals surface area contributed by atoms with E-state index in [-0.39, 0.29) is 11.8 Å². The molecule has 1 aliphatic heterocycles. The number of benzene rings is 1. The van der Waals surface area contributed by atoms with E-state index >= 15 is 0 Å². The van der Waals surface area contributed by atoms with Gasteiger partial charge in [-0.05, 0) is 36.1 Å². The summed E-state index contributed by atoms with van der Waals surface area (Å²) in [6.07, 6.45) is 1.03. The van der Waals surface area contributed by atoms with Gasteiger partial charge in [0.05, 0.1) is 0 Å². The monoisotopic (exact) mass is 251 g/mol. The molecule has 1 fully saturated rings. The molecule has 3 heteroatoms. The van der Waals surface area contributed by atoms with Crippen molar-refractivity contribution >= 4 is 27.5 Å². The number of halogens is 1. The minimum absolute atomic E-state index is 0.266. The van der Waals surface area contributed by atoms with Gasteiger partial charge in [-0.3, -0.25) is 4.79 Å². The maximum atomic E-state index is 11.7. The van der Waals surface area contributed by atoms with Gasteiger partial charge in [0.25, 0.3) is 0 Å². The van der Waals surface area contributed by atoms with Gasteiger partial charge < -0.3 is 4.90 Å². The predicted octanol–water partition coefficient (Wildman–Crippen LogP) is 2.53. The van der Waals surface area contributed by atoms with Gasteiger partial charge in [0, 0.05) is 23.1 Å². The Bertz CT molecular complexity index is 429. The number of anilines is 1. The minimum atomic E-state index is 0.266. The molecule has 0 bridgehead atoms. The van der Waals surface area contributed by atoms with Crippen LogP contribution in [-0.4, -0.2) is 13.0 Å². The van der Waals surface area contributed by atoms with E-state index in [1.165, 1.54) is 5.56 Å².